The lowest BCUT2D eigenvalue weighted by Crippen LogP contribution is -2.30. The molecule has 0 heterocycles. The summed E-state index contributed by atoms with van der Waals surface area (Å²) in [4.78, 5) is 11.4. The molecule has 1 aromatic carbocycles. The molecular formula is C9H11N2O3+. The summed E-state index contributed by atoms with van der Waals surface area (Å²) in [6.07, 6.45) is 0. The van der Waals surface area contributed by atoms with Crippen LogP contribution in [0.15, 0.2) is 18.2 Å². The predicted molar refractivity (Wildman–Crippen MR) is 50.5 cm³/mol. The molecule has 0 aliphatic heterocycles. The maximum Gasteiger partial charge on any atom is 0.308 e. The lowest BCUT2D eigenvalue weighted by atomic mass is 10.2. The van der Waals surface area contributed by atoms with Gasteiger partial charge in [-0.15, -0.1) is 10.1 Å². The number of hydrogen-bond donors (Lipinski definition) is 3. The Bertz CT molecular complexity index is 388. The SMILES string of the molecule is C=[N+](C)NC(=O)c1cccc(O)c1O. The van der Waals surface area contributed by atoms with E-state index in [-0.39, 0.29) is 11.3 Å². The summed E-state index contributed by atoms with van der Waals surface area (Å²) in [6, 6.07) is 4.15. The van der Waals surface area contributed by atoms with E-state index in [2.05, 4.69) is 12.1 Å². The van der Waals surface area contributed by atoms with Crippen LogP contribution in [0.3, 0.4) is 0 Å². The van der Waals surface area contributed by atoms with Crippen molar-refractivity contribution in [2.45, 2.75) is 0 Å². The van der Waals surface area contributed by atoms with Gasteiger partial charge in [0.1, 0.15) is 0 Å². The van der Waals surface area contributed by atoms with Crippen molar-refractivity contribution in [3.63, 3.8) is 0 Å². The molecule has 5 nitrogen and oxygen atoms in total. The van der Waals surface area contributed by atoms with Gasteiger partial charge in [0, 0.05) is 0 Å². The molecule has 0 aliphatic rings. The Morgan fingerprint density at radius 1 is 1.50 bits per heavy atom. The molecule has 0 unspecified atom stereocenters. The maximum atomic E-state index is 11.4. The summed E-state index contributed by atoms with van der Waals surface area (Å²) >= 11 is 0. The van der Waals surface area contributed by atoms with Gasteiger partial charge in [-0.25, -0.2) is 0 Å². The fraction of sp³-hybridized carbons (Fsp3) is 0.111. The standard InChI is InChI=1S/C9H10N2O3/c1-11(2)10-9(14)6-4-3-5-7(12)8(6)13/h3-5H,1H2,2H3,(H2-,10,12,13,14)/p+1. The fourth-order valence-electron chi connectivity index (χ4n) is 0.948. The highest BCUT2D eigenvalue weighted by molar-refractivity contribution is 5.96. The van der Waals surface area contributed by atoms with Gasteiger partial charge in [-0.2, -0.15) is 0 Å². The van der Waals surface area contributed by atoms with Crippen LogP contribution in [0, 0.1) is 0 Å². The number of rotatable bonds is 2. The molecule has 0 spiro atoms. The van der Waals surface area contributed by atoms with Gasteiger partial charge in [-0.05, 0) is 12.1 Å². The summed E-state index contributed by atoms with van der Waals surface area (Å²) < 4.78 is 1.20. The Labute approximate surface area is 80.9 Å². The normalized spacial score (nSPS) is 9.50. The quantitative estimate of drug-likeness (QED) is 0.271. The number of para-hydroxylation sites is 1. The molecule has 0 radical (unpaired) electrons. The van der Waals surface area contributed by atoms with Crippen molar-refractivity contribution in [3.8, 4) is 11.5 Å². The second-order valence-electron chi connectivity index (χ2n) is 2.81. The molecule has 0 saturated heterocycles. The molecule has 0 aromatic heterocycles. The number of carbonyl (C=O) groups is 1. The van der Waals surface area contributed by atoms with Crippen LogP contribution in [0.2, 0.25) is 0 Å². The van der Waals surface area contributed by atoms with Crippen LogP contribution in [0.1, 0.15) is 10.4 Å². The maximum absolute atomic E-state index is 11.4. The smallest absolute Gasteiger partial charge is 0.308 e. The molecule has 0 fully saturated rings. The summed E-state index contributed by atoms with van der Waals surface area (Å²) in [7, 11) is 1.54. The Balaban J connectivity index is 3.01. The van der Waals surface area contributed by atoms with Crippen molar-refractivity contribution >= 4 is 12.6 Å². The predicted octanol–water partition coefficient (Wildman–Crippen LogP) is 0.0855. The first-order valence-corrected chi connectivity index (χ1v) is 3.88. The Hall–Kier alpha value is -2.04. The number of benzene rings is 1. The lowest BCUT2D eigenvalue weighted by molar-refractivity contribution is -0.535. The van der Waals surface area contributed by atoms with E-state index in [4.69, 9.17) is 5.11 Å². The van der Waals surface area contributed by atoms with Gasteiger partial charge in [0.25, 0.3) is 0 Å². The van der Waals surface area contributed by atoms with Crippen molar-refractivity contribution < 1.29 is 19.7 Å². The zero-order chi connectivity index (χ0) is 10.7. The molecule has 0 saturated carbocycles. The molecule has 0 aliphatic carbocycles. The zero-order valence-electron chi connectivity index (χ0n) is 7.69. The molecule has 5 heteroatoms. The molecule has 1 aromatic rings. The van der Waals surface area contributed by atoms with Crippen molar-refractivity contribution in [2.24, 2.45) is 0 Å². The van der Waals surface area contributed by atoms with Crippen LogP contribution >= 0.6 is 0 Å². The van der Waals surface area contributed by atoms with Gasteiger partial charge in [-0.3, -0.25) is 4.79 Å². The second-order valence-corrected chi connectivity index (χ2v) is 2.81. The van der Waals surface area contributed by atoms with Crippen LogP contribution in [0.25, 0.3) is 0 Å². The number of hydrazine groups is 1. The zero-order valence-corrected chi connectivity index (χ0v) is 7.69. The number of amides is 1. The van der Waals surface area contributed by atoms with Crippen LogP contribution < -0.4 is 5.43 Å². The monoisotopic (exact) mass is 195 g/mol. The van der Waals surface area contributed by atoms with E-state index in [1.165, 1.54) is 29.9 Å². The van der Waals surface area contributed by atoms with E-state index in [1.807, 2.05) is 0 Å². The van der Waals surface area contributed by atoms with Gasteiger partial charge in [0.15, 0.2) is 25.3 Å². The van der Waals surface area contributed by atoms with Crippen molar-refractivity contribution in [1.82, 2.24) is 5.43 Å². The lowest BCUT2D eigenvalue weighted by Gasteiger charge is -2.03. The second kappa shape index (κ2) is 3.78. The third-order valence-corrected chi connectivity index (χ3v) is 1.55. The van der Waals surface area contributed by atoms with E-state index in [1.54, 1.807) is 0 Å². The van der Waals surface area contributed by atoms with Crippen LogP contribution in [-0.4, -0.2) is 34.6 Å². The number of hydrazone groups is 1. The van der Waals surface area contributed by atoms with Gasteiger partial charge in [0.05, 0.1) is 5.56 Å². The number of phenolic OH excluding ortho intramolecular Hbond substituents is 2. The Morgan fingerprint density at radius 2 is 2.14 bits per heavy atom. The van der Waals surface area contributed by atoms with E-state index in [0.29, 0.717) is 0 Å². The Morgan fingerprint density at radius 3 is 2.71 bits per heavy atom. The summed E-state index contributed by atoms with van der Waals surface area (Å²) in [5.41, 5.74) is 2.34. The number of carbonyl (C=O) groups excluding carboxylic acids is 1. The highest BCUT2D eigenvalue weighted by Gasteiger charge is 2.15. The molecule has 0 atom stereocenters. The number of nitrogens with zero attached hydrogens (tertiary/aromatic N) is 1. The first-order valence-electron chi connectivity index (χ1n) is 3.88. The van der Waals surface area contributed by atoms with Crippen LogP contribution in [0.5, 0.6) is 11.5 Å². The van der Waals surface area contributed by atoms with Crippen LogP contribution in [-0.2, 0) is 0 Å². The van der Waals surface area contributed by atoms with Gasteiger partial charge < -0.3 is 10.2 Å². The topological polar surface area (TPSA) is 72.6 Å². The first kappa shape index (κ1) is 10.0. The summed E-state index contributed by atoms with van der Waals surface area (Å²) in [5, 5.41) is 18.5. The van der Waals surface area contributed by atoms with Crippen molar-refractivity contribution in [1.29, 1.82) is 0 Å². The van der Waals surface area contributed by atoms with Crippen molar-refractivity contribution in [3.05, 3.63) is 23.8 Å². The molecule has 1 amide bonds. The third kappa shape index (κ3) is 2.01. The average molecular weight is 195 g/mol. The molecular weight excluding hydrogens is 184 g/mol. The van der Waals surface area contributed by atoms with Gasteiger partial charge >= 0.3 is 5.91 Å². The highest BCUT2D eigenvalue weighted by atomic mass is 16.3. The summed E-state index contributed by atoms with van der Waals surface area (Å²) in [5.74, 6) is -1.30. The molecule has 14 heavy (non-hydrogen) atoms. The minimum absolute atomic E-state index is 0.000463. The number of nitrogens with one attached hydrogen (secondary N) is 1. The fourth-order valence-corrected chi connectivity index (χ4v) is 0.948. The minimum Gasteiger partial charge on any atom is -0.504 e. The number of hydrogen-bond acceptors (Lipinski definition) is 3. The Kier molecular flexibility index (Phi) is 2.71. The minimum atomic E-state index is -0.532. The van der Waals surface area contributed by atoms with Crippen molar-refractivity contribution in [2.75, 3.05) is 7.05 Å². The molecule has 3 N–H and O–H groups in total. The van der Waals surface area contributed by atoms with Gasteiger partial charge in [0.2, 0.25) is 0 Å². The molecule has 74 valence electrons. The van der Waals surface area contributed by atoms with E-state index >= 15 is 0 Å². The first-order chi connectivity index (χ1) is 6.52. The number of phenols is 2. The highest BCUT2D eigenvalue weighted by Crippen LogP contribution is 2.27. The molecule has 1 rings (SSSR count). The average Bonchev–Trinajstić information content (AvgIpc) is 2.08. The summed E-state index contributed by atoms with van der Waals surface area (Å²) in [6.45, 7) is 3.41. The van der Waals surface area contributed by atoms with E-state index in [9.17, 15) is 9.90 Å². The largest absolute Gasteiger partial charge is 0.504 e. The van der Waals surface area contributed by atoms with E-state index in [0.717, 1.165) is 0 Å². The molecule has 0 bridgehead atoms. The van der Waals surface area contributed by atoms with Crippen LogP contribution in [0.4, 0.5) is 0 Å². The third-order valence-electron chi connectivity index (χ3n) is 1.55. The number of aromatic hydroxyl groups is 2. The van der Waals surface area contributed by atoms with E-state index < -0.39 is 11.7 Å². The van der Waals surface area contributed by atoms with Gasteiger partial charge in [-0.1, -0.05) is 6.07 Å².